The molecule has 11 heteroatoms. The molecule has 3 aliphatic carbocycles. The van der Waals surface area contributed by atoms with E-state index in [4.69, 9.17) is 9.47 Å². The van der Waals surface area contributed by atoms with Crippen molar-refractivity contribution in [3.8, 4) is 0 Å². The number of benzene rings is 3. The van der Waals surface area contributed by atoms with E-state index in [1.807, 2.05) is 48.5 Å². The van der Waals surface area contributed by atoms with E-state index in [9.17, 15) is 23.4 Å². The highest BCUT2D eigenvalue weighted by molar-refractivity contribution is 7.92. The Labute approximate surface area is 302 Å². The van der Waals surface area contributed by atoms with Crippen molar-refractivity contribution in [2.45, 2.75) is 91.5 Å². The largest absolute Gasteiger partial charge is 0.393 e. The second-order valence-corrected chi connectivity index (χ2v) is 17.6. The van der Waals surface area contributed by atoms with Gasteiger partial charge in [-0.3, -0.25) is 10.1 Å². The number of sulfone groups is 1. The van der Waals surface area contributed by atoms with Crippen LogP contribution in [0, 0.1) is 5.92 Å². The van der Waals surface area contributed by atoms with Crippen molar-refractivity contribution >= 4 is 37.8 Å². The van der Waals surface area contributed by atoms with Gasteiger partial charge >= 0.3 is 0 Å². The SMILES string of the molecule is CC(O)(CO)c1csc(NC(=O)C(=C[C@H]2CCC3(C2)O[C@H](c2ccccc2)[C@@H](c2ccccc2)O3)c2ccc(S(=O)(=O)C3CC3)c(C3CC3)c2)n1. The molecule has 1 unspecified atom stereocenters. The van der Waals surface area contributed by atoms with E-state index in [1.54, 1.807) is 17.5 Å². The zero-order chi connectivity index (χ0) is 35.4. The molecule has 4 fully saturated rings. The molecule has 2 heterocycles. The molecule has 3 aromatic carbocycles. The first-order valence-corrected chi connectivity index (χ1v) is 20.1. The highest BCUT2D eigenvalue weighted by Crippen LogP contribution is 2.55. The summed E-state index contributed by atoms with van der Waals surface area (Å²) < 4.78 is 40.6. The summed E-state index contributed by atoms with van der Waals surface area (Å²) in [6.45, 7) is 0.947. The van der Waals surface area contributed by atoms with E-state index in [2.05, 4.69) is 34.6 Å². The lowest BCUT2D eigenvalue weighted by Crippen LogP contribution is -2.26. The van der Waals surface area contributed by atoms with Gasteiger partial charge in [0.15, 0.2) is 20.8 Å². The van der Waals surface area contributed by atoms with Gasteiger partial charge < -0.3 is 19.7 Å². The second-order valence-electron chi connectivity index (χ2n) is 14.6. The van der Waals surface area contributed by atoms with Gasteiger partial charge in [-0.05, 0) is 85.3 Å². The fraction of sp³-hybridized carbons (Fsp3) is 0.400. The van der Waals surface area contributed by atoms with Crippen LogP contribution in [0.3, 0.4) is 0 Å². The molecular formula is C40H42N2O7S2. The van der Waals surface area contributed by atoms with Gasteiger partial charge in [0.1, 0.15) is 17.8 Å². The van der Waals surface area contributed by atoms with Gasteiger partial charge in [-0.1, -0.05) is 72.8 Å². The minimum Gasteiger partial charge on any atom is -0.393 e. The molecule has 8 rings (SSSR count). The highest BCUT2D eigenvalue weighted by atomic mass is 32.2. The Morgan fingerprint density at radius 1 is 0.980 bits per heavy atom. The second kappa shape index (κ2) is 13.4. The molecular weight excluding hydrogens is 685 g/mol. The number of nitrogens with zero attached hydrogens (tertiary/aromatic N) is 1. The molecule has 4 aliphatic rings. The zero-order valence-electron chi connectivity index (χ0n) is 28.4. The van der Waals surface area contributed by atoms with Gasteiger partial charge in [0.05, 0.1) is 22.4 Å². The minimum absolute atomic E-state index is 0.0714. The predicted octanol–water partition coefficient (Wildman–Crippen LogP) is 7.20. The number of thiazole rings is 1. The summed E-state index contributed by atoms with van der Waals surface area (Å²) in [5, 5.41) is 24.6. The number of aliphatic hydroxyl groups is 2. The lowest BCUT2D eigenvalue weighted by Gasteiger charge is -2.23. The molecule has 1 aromatic heterocycles. The maximum atomic E-state index is 14.2. The van der Waals surface area contributed by atoms with Crippen LogP contribution in [0.5, 0.6) is 0 Å². The first kappa shape index (κ1) is 34.4. The number of nitrogens with one attached hydrogen (secondary N) is 1. The lowest BCUT2D eigenvalue weighted by molar-refractivity contribution is -0.172. The fourth-order valence-corrected chi connectivity index (χ4v) is 10.1. The first-order chi connectivity index (χ1) is 24.5. The summed E-state index contributed by atoms with van der Waals surface area (Å²) >= 11 is 1.16. The molecule has 1 saturated heterocycles. The van der Waals surface area contributed by atoms with Gasteiger partial charge in [-0.25, -0.2) is 13.4 Å². The van der Waals surface area contributed by atoms with Crippen molar-refractivity contribution < 1.29 is 32.9 Å². The van der Waals surface area contributed by atoms with Crippen LogP contribution in [0.1, 0.15) is 97.9 Å². The number of hydrogen-bond acceptors (Lipinski definition) is 9. The van der Waals surface area contributed by atoms with E-state index in [1.165, 1.54) is 6.92 Å². The van der Waals surface area contributed by atoms with Crippen molar-refractivity contribution in [2.75, 3.05) is 11.9 Å². The molecule has 1 aliphatic heterocycles. The van der Waals surface area contributed by atoms with Crippen LogP contribution in [0.25, 0.3) is 5.57 Å². The van der Waals surface area contributed by atoms with Crippen LogP contribution in [0.15, 0.2) is 95.2 Å². The van der Waals surface area contributed by atoms with Crippen molar-refractivity contribution in [2.24, 2.45) is 5.92 Å². The number of aliphatic hydroxyl groups excluding tert-OH is 1. The third kappa shape index (κ3) is 6.95. The monoisotopic (exact) mass is 726 g/mol. The Bertz CT molecular complexity index is 2010. The number of amides is 1. The summed E-state index contributed by atoms with van der Waals surface area (Å²) in [7, 11) is -3.43. The van der Waals surface area contributed by atoms with Crippen molar-refractivity contribution in [1.82, 2.24) is 4.98 Å². The Morgan fingerprint density at radius 2 is 1.63 bits per heavy atom. The van der Waals surface area contributed by atoms with Crippen LogP contribution >= 0.6 is 11.3 Å². The Kier molecular flexibility index (Phi) is 9.01. The van der Waals surface area contributed by atoms with Gasteiger partial charge in [-0.15, -0.1) is 11.3 Å². The highest BCUT2D eigenvalue weighted by Gasteiger charge is 2.52. The topological polar surface area (TPSA) is 135 Å². The Morgan fingerprint density at radius 3 is 2.22 bits per heavy atom. The molecule has 3 N–H and O–H groups in total. The van der Waals surface area contributed by atoms with Crippen molar-refractivity contribution in [3.05, 3.63) is 118 Å². The lowest BCUT2D eigenvalue weighted by atomic mass is 9.95. The summed E-state index contributed by atoms with van der Waals surface area (Å²) in [6.07, 6.45) is 6.50. The third-order valence-electron chi connectivity index (χ3n) is 10.5. The molecule has 0 radical (unpaired) electrons. The fourth-order valence-electron chi connectivity index (χ4n) is 7.36. The quantitative estimate of drug-likeness (QED) is 0.138. The van der Waals surface area contributed by atoms with E-state index in [0.29, 0.717) is 41.7 Å². The Balaban J connectivity index is 1.13. The van der Waals surface area contributed by atoms with Crippen LogP contribution in [0.2, 0.25) is 0 Å². The molecule has 1 amide bonds. The third-order valence-corrected chi connectivity index (χ3v) is 13.6. The molecule has 3 saturated carbocycles. The number of ether oxygens (including phenoxy) is 2. The van der Waals surface area contributed by atoms with Crippen LogP contribution in [0.4, 0.5) is 5.13 Å². The first-order valence-electron chi connectivity index (χ1n) is 17.7. The van der Waals surface area contributed by atoms with Crippen molar-refractivity contribution in [3.63, 3.8) is 0 Å². The van der Waals surface area contributed by atoms with E-state index < -0.39 is 33.7 Å². The average molecular weight is 727 g/mol. The smallest absolute Gasteiger partial charge is 0.257 e. The average Bonchev–Trinajstić information content (AvgIpc) is 4.07. The normalized spacial score (nSPS) is 24.5. The molecule has 1 spiro atoms. The number of hydrogen-bond donors (Lipinski definition) is 3. The van der Waals surface area contributed by atoms with E-state index in [0.717, 1.165) is 47.3 Å². The zero-order valence-corrected chi connectivity index (χ0v) is 30.0. The number of anilines is 1. The number of aromatic nitrogens is 1. The van der Waals surface area contributed by atoms with E-state index >= 15 is 0 Å². The van der Waals surface area contributed by atoms with Gasteiger partial charge in [-0.2, -0.15) is 0 Å². The number of carbonyl (C=O) groups excluding carboxylic acids is 1. The summed E-state index contributed by atoms with van der Waals surface area (Å²) in [5.41, 5.74) is 2.64. The summed E-state index contributed by atoms with van der Waals surface area (Å²) in [4.78, 5) is 19.0. The summed E-state index contributed by atoms with van der Waals surface area (Å²) in [6, 6.07) is 25.6. The molecule has 4 aromatic rings. The van der Waals surface area contributed by atoms with Crippen molar-refractivity contribution in [1.29, 1.82) is 0 Å². The number of carbonyl (C=O) groups is 1. The molecule has 4 atom stereocenters. The number of rotatable bonds is 11. The van der Waals surface area contributed by atoms with Gasteiger partial charge in [0.25, 0.3) is 5.91 Å². The van der Waals surface area contributed by atoms with Gasteiger partial charge in [0.2, 0.25) is 0 Å². The summed E-state index contributed by atoms with van der Waals surface area (Å²) in [5.74, 6) is -1.15. The van der Waals surface area contributed by atoms with Crippen LogP contribution < -0.4 is 5.32 Å². The Hall–Kier alpha value is -3.71. The molecule has 9 nitrogen and oxygen atoms in total. The van der Waals surface area contributed by atoms with E-state index in [-0.39, 0.29) is 40.1 Å². The standard InChI is InChI=1S/C40H42N2O7S2/c1-39(45,24-43)34-23-50-38(41-34)42-37(44)32(29-14-17-33(31(21-29)26-12-13-26)51(46,47)30-15-16-30)20-25-18-19-40(22-25)48-35(27-8-4-2-5-9-27)36(49-40)28-10-6-3-7-11-28/h2-11,14,17,20-21,23,25-26,30,35-36,43,45H,12-13,15-16,18-19,22,24H2,1H3,(H,41,42,44)/t25-,35-,36-,39?/m1/s1. The predicted molar refractivity (Wildman–Crippen MR) is 195 cm³/mol. The maximum absolute atomic E-state index is 14.2. The number of allylic oxidation sites excluding steroid dienone is 1. The molecule has 51 heavy (non-hydrogen) atoms. The maximum Gasteiger partial charge on any atom is 0.257 e. The molecule has 0 bridgehead atoms. The van der Waals surface area contributed by atoms with Crippen LogP contribution in [-0.4, -0.2) is 47.2 Å². The van der Waals surface area contributed by atoms with Crippen LogP contribution in [-0.2, 0) is 29.7 Å². The van der Waals surface area contributed by atoms with Gasteiger partial charge in [0, 0.05) is 23.8 Å². The minimum atomic E-state index is -3.43. The molecule has 266 valence electrons.